The molecular formula is C80H143N2O7P. The molecule has 0 radical (unpaired) electrons. The zero-order valence-corrected chi connectivity index (χ0v) is 60.5. The van der Waals surface area contributed by atoms with Gasteiger partial charge in [0.1, 0.15) is 19.3 Å². The molecule has 10 heteroatoms. The lowest BCUT2D eigenvalue weighted by molar-refractivity contribution is -0.870. The molecule has 3 atom stereocenters. The van der Waals surface area contributed by atoms with E-state index in [9.17, 15) is 19.0 Å². The van der Waals surface area contributed by atoms with E-state index in [-0.39, 0.29) is 24.9 Å². The van der Waals surface area contributed by atoms with Gasteiger partial charge in [-0.1, -0.05) is 317 Å². The van der Waals surface area contributed by atoms with Crippen molar-refractivity contribution in [2.24, 2.45) is 0 Å². The van der Waals surface area contributed by atoms with Gasteiger partial charge in [-0.3, -0.25) is 14.2 Å². The summed E-state index contributed by atoms with van der Waals surface area (Å²) in [6.07, 6.45) is 95.0. The van der Waals surface area contributed by atoms with Crippen molar-refractivity contribution in [1.82, 2.24) is 5.32 Å². The molecule has 0 aliphatic heterocycles. The van der Waals surface area contributed by atoms with Crippen molar-refractivity contribution in [2.75, 3.05) is 40.9 Å². The van der Waals surface area contributed by atoms with Crippen LogP contribution in [0.4, 0.5) is 0 Å². The Kier molecular flexibility index (Phi) is 66.0. The van der Waals surface area contributed by atoms with Crippen molar-refractivity contribution in [3.63, 3.8) is 0 Å². The van der Waals surface area contributed by atoms with Gasteiger partial charge in [-0.25, -0.2) is 0 Å². The van der Waals surface area contributed by atoms with Gasteiger partial charge in [0.2, 0.25) is 5.91 Å². The minimum Gasteiger partial charge on any atom is -0.756 e. The summed E-state index contributed by atoms with van der Waals surface area (Å²) in [6.45, 7) is 6.72. The van der Waals surface area contributed by atoms with Gasteiger partial charge < -0.3 is 28.5 Å². The molecule has 90 heavy (non-hydrogen) atoms. The average molecular weight is 1280 g/mol. The quantitative estimate of drug-likeness (QED) is 0.0212. The van der Waals surface area contributed by atoms with Crippen LogP contribution in [0.3, 0.4) is 0 Å². The number of carbonyl (C=O) groups excluding carboxylic acids is 2. The highest BCUT2D eigenvalue weighted by molar-refractivity contribution is 7.45. The van der Waals surface area contributed by atoms with E-state index in [0.717, 1.165) is 116 Å². The zero-order valence-electron chi connectivity index (χ0n) is 59.6. The minimum atomic E-state index is -4.71. The van der Waals surface area contributed by atoms with Crippen molar-refractivity contribution in [2.45, 2.75) is 348 Å². The molecule has 0 saturated carbocycles. The molecule has 0 fully saturated rings. The number of unbranched alkanes of at least 4 members (excludes halogenated alkanes) is 36. The highest BCUT2D eigenvalue weighted by Crippen LogP contribution is 2.38. The summed E-state index contributed by atoms with van der Waals surface area (Å²) in [7, 11) is 1.18. The number of allylic oxidation sites excluding steroid dienone is 17. The number of likely N-dealkylation sites (N-methyl/N-ethyl adjacent to an activating group) is 1. The topological polar surface area (TPSA) is 114 Å². The molecule has 0 heterocycles. The smallest absolute Gasteiger partial charge is 0.306 e. The first-order valence-electron chi connectivity index (χ1n) is 37.7. The Bertz CT molecular complexity index is 1910. The second kappa shape index (κ2) is 68.5. The fourth-order valence-corrected chi connectivity index (χ4v) is 11.4. The minimum absolute atomic E-state index is 0.0274. The summed E-state index contributed by atoms with van der Waals surface area (Å²) >= 11 is 0. The number of carbonyl (C=O) groups is 2. The standard InChI is InChI=1S/C80H143N2O7P/c1-7-10-13-16-19-22-25-28-30-32-34-36-38-40-41-43-45-47-49-51-53-55-58-61-64-67-70-73-80(84)89-78(71-68-65-62-59-56-27-24-21-18-15-12-9-3)77(76-88-90(85,86)87-75-74-82(4,5)6)81-79(83)72-69-66-63-60-57-54-52-50-48-46-44-42-39-37-35-33-31-29-26-23-20-17-14-11-8-2/h11,14,19-20,22-23,28-31,34-37,42,44,68,71,77-78H,7-10,12-13,15-18,21,24-27,32-33,38-41,43,45-67,69-70,72-76H2,1-6H3,(H-,81,83,85,86)/b14-11-,22-19-,23-20-,30-28-,31-29-,36-34-,37-35-,44-42-,71-68+. The SMILES string of the molecule is CC/C=C\C/C=C\C/C=C\C/C=C\C/C=C\CCCCCCCCCCCC(=O)NC(COP(=O)([O-])OCC[N+](C)(C)C)C(/C=C/CCCCCCCCCCCC)OC(=O)CCCCCCCCCCCCCCCC/C=C\C/C=C\C/C=C\CCCCC. The molecule has 0 aromatic heterocycles. The number of ether oxygens (including phenoxy) is 1. The van der Waals surface area contributed by atoms with Crippen LogP contribution in [0.5, 0.6) is 0 Å². The highest BCUT2D eigenvalue weighted by atomic mass is 31.2. The normalized spacial score (nSPS) is 14.1. The number of hydrogen-bond acceptors (Lipinski definition) is 7. The summed E-state index contributed by atoms with van der Waals surface area (Å²) in [4.78, 5) is 40.3. The molecule has 0 saturated heterocycles. The Labute approximate surface area is 557 Å². The van der Waals surface area contributed by atoms with E-state index in [1.807, 2.05) is 33.3 Å². The number of amides is 1. The summed E-state index contributed by atoms with van der Waals surface area (Å²) < 4.78 is 30.5. The van der Waals surface area contributed by atoms with Crippen LogP contribution in [0, 0.1) is 0 Å². The average Bonchev–Trinajstić information content (AvgIpc) is 3.11. The van der Waals surface area contributed by atoms with Gasteiger partial charge in [-0.2, -0.15) is 0 Å². The molecule has 0 aliphatic carbocycles. The highest BCUT2D eigenvalue weighted by Gasteiger charge is 2.27. The summed E-state index contributed by atoms with van der Waals surface area (Å²) in [5.74, 6) is -0.544. The number of esters is 1. The van der Waals surface area contributed by atoms with Crippen molar-refractivity contribution in [3.8, 4) is 0 Å². The molecule has 0 bridgehead atoms. The third-order valence-corrected chi connectivity index (χ3v) is 17.4. The van der Waals surface area contributed by atoms with Gasteiger partial charge in [0.05, 0.1) is 33.8 Å². The Morgan fingerprint density at radius 2 is 0.711 bits per heavy atom. The number of quaternary nitrogens is 1. The van der Waals surface area contributed by atoms with Gasteiger partial charge in [0.15, 0.2) is 0 Å². The summed E-state index contributed by atoms with van der Waals surface area (Å²) in [5, 5.41) is 3.05. The number of phosphoric acid groups is 1. The molecule has 0 rings (SSSR count). The van der Waals surface area contributed by atoms with E-state index in [1.165, 1.54) is 186 Å². The van der Waals surface area contributed by atoms with Crippen LogP contribution in [0.2, 0.25) is 0 Å². The maximum Gasteiger partial charge on any atom is 0.306 e. The maximum absolute atomic E-state index is 13.6. The van der Waals surface area contributed by atoms with Crippen LogP contribution in [0.15, 0.2) is 109 Å². The third kappa shape index (κ3) is 69.0. The summed E-state index contributed by atoms with van der Waals surface area (Å²) in [6, 6.07) is -0.899. The van der Waals surface area contributed by atoms with Crippen LogP contribution < -0.4 is 10.2 Å². The van der Waals surface area contributed by atoms with E-state index in [4.69, 9.17) is 13.8 Å². The molecule has 1 N–H and O–H groups in total. The Morgan fingerprint density at radius 1 is 0.400 bits per heavy atom. The lowest BCUT2D eigenvalue weighted by Gasteiger charge is -2.30. The van der Waals surface area contributed by atoms with Crippen LogP contribution in [0.1, 0.15) is 335 Å². The van der Waals surface area contributed by atoms with E-state index >= 15 is 0 Å². The maximum atomic E-state index is 13.6. The van der Waals surface area contributed by atoms with Crippen LogP contribution in [0.25, 0.3) is 0 Å². The largest absolute Gasteiger partial charge is 0.756 e. The molecule has 3 unspecified atom stereocenters. The van der Waals surface area contributed by atoms with Gasteiger partial charge in [-0.05, 0) is 115 Å². The van der Waals surface area contributed by atoms with Gasteiger partial charge in [0.25, 0.3) is 7.82 Å². The monoisotopic (exact) mass is 1280 g/mol. The second-order valence-corrected chi connectivity index (χ2v) is 27.8. The first-order chi connectivity index (χ1) is 43.9. The Balaban J connectivity index is 5.01. The van der Waals surface area contributed by atoms with E-state index < -0.39 is 26.6 Å². The van der Waals surface area contributed by atoms with Gasteiger partial charge >= 0.3 is 5.97 Å². The molecule has 520 valence electrons. The van der Waals surface area contributed by atoms with E-state index in [1.54, 1.807) is 0 Å². The predicted molar refractivity (Wildman–Crippen MR) is 390 cm³/mol. The fraction of sp³-hybridized carbons (Fsp3) is 0.750. The zero-order chi connectivity index (χ0) is 65.6. The summed E-state index contributed by atoms with van der Waals surface area (Å²) in [5.41, 5.74) is 0. The van der Waals surface area contributed by atoms with Crippen LogP contribution >= 0.6 is 7.82 Å². The number of rotatable bonds is 68. The van der Waals surface area contributed by atoms with Crippen molar-refractivity contribution < 1.29 is 37.3 Å². The molecule has 0 spiro atoms. The molecular weight excluding hydrogens is 1130 g/mol. The molecule has 0 aromatic carbocycles. The van der Waals surface area contributed by atoms with Crippen LogP contribution in [-0.4, -0.2) is 69.4 Å². The van der Waals surface area contributed by atoms with E-state index in [2.05, 4.69) is 123 Å². The van der Waals surface area contributed by atoms with E-state index in [0.29, 0.717) is 17.4 Å². The van der Waals surface area contributed by atoms with Gasteiger partial charge in [-0.15, -0.1) is 0 Å². The lowest BCUT2D eigenvalue weighted by Crippen LogP contribution is -2.47. The molecule has 0 aromatic rings. The predicted octanol–water partition coefficient (Wildman–Crippen LogP) is 23.8. The number of nitrogens with one attached hydrogen (secondary N) is 1. The van der Waals surface area contributed by atoms with Crippen molar-refractivity contribution in [1.29, 1.82) is 0 Å². The van der Waals surface area contributed by atoms with Crippen molar-refractivity contribution >= 4 is 19.7 Å². The number of nitrogens with zero attached hydrogens (tertiary/aromatic N) is 1. The molecule has 1 amide bonds. The third-order valence-electron chi connectivity index (χ3n) is 16.4. The first kappa shape index (κ1) is 86.7. The second-order valence-electron chi connectivity index (χ2n) is 26.4. The fourth-order valence-electron chi connectivity index (χ4n) is 10.7. The number of hydrogen-bond donors (Lipinski definition) is 1. The van der Waals surface area contributed by atoms with Crippen molar-refractivity contribution in [3.05, 3.63) is 109 Å². The van der Waals surface area contributed by atoms with Crippen LogP contribution in [-0.2, 0) is 27.9 Å². The first-order valence-corrected chi connectivity index (χ1v) is 39.2. The number of phosphoric ester groups is 1. The lowest BCUT2D eigenvalue weighted by atomic mass is 10.0. The Morgan fingerprint density at radius 3 is 1.09 bits per heavy atom. The van der Waals surface area contributed by atoms with Gasteiger partial charge in [0, 0.05) is 12.8 Å². The molecule has 0 aliphatic rings. The Hall–Kier alpha value is -3.33. The molecule has 9 nitrogen and oxygen atoms in total.